The molecule has 3 fully saturated rings. The van der Waals surface area contributed by atoms with Crippen molar-refractivity contribution >= 4 is 17.3 Å². The summed E-state index contributed by atoms with van der Waals surface area (Å²) in [6.45, 7) is -0.00421. The number of anilines is 1. The van der Waals surface area contributed by atoms with E-state index in [0.29, 0.717) is 23.8 Å². The first kappa shape index (κ1) is 18.7. The Balaban J connectivity index is 1.24. The number of carbonyl (C=O) groups is 1. The summed E-state index contributed by atoms with van der Waals surface area (Å²) in [5.41, 5.74) is 7.42. The van der Waals surface area contributed by atoms with Crippen LogP contribution >= 0.6 is 0 Å². The first-order chi connectivity index (χ1) is 15.0. The van der Waals surface area contributed by atoms with Gasteiger partial charge < -0.3 is 25.6 Å². The molecule has 2 saturated heterocycles. The van der Waals surface area contributed by atoms with E-state index in [1.807, 2.05) is 42.5 Å². The third kappa shape index (κ3) is 2.77. The molecule has 31 heavy (non-hydrogen) atoms. The number of carbonyl (C=O) groups excluding carboxylic acids is 1. The number of esters is 1. The Bertz CT molecular complexity index is 1160. The molecule has 1 aromatic carbocycles. The molecule has 2 aromatic heterocycles. The van der Waals surface area contributed by atoms with Crippen molar-refractivity contribution in [3.05, 3.63) is 60.0 Å². The van der Waals surface area contributed by atoms with Crippen LogP contribution in [0.15, 0.2) is 48.8 Å². The predicted molar refractivity (Wildman–Crippen MR) is 110 cm³/mol. The first-order valence-corrected chi connectivity index (χ1v) is 10.4. The number of nitrogens with one attached hydrogen (secondary N) is 1. The van der Waals surface area contributed by atoms with Gasteiger partial charge in [0.1, 0.15) is 30.2 Å². The lowest BCUT2D eigenvalue weighted by molar-refractivity contribution is -0.152. The van der Waals surface area contributed by atoms with Crippen molar-refractivity contribution in [3.8, 4) is 0 Å². The van der Waals surface area contributed by atoms with Crippen molar-refractivity contribution in [3.63, 3.8) is 0 Å². The van der Waals surface area contributed by atoms with Crippen LogP contribution in [0.25, 0.3) is 5.52 Å². The molecule has 3 aromatic rings. The van der Waals surface area contributed by atoms with Gasteiger partial charge in [-0.3, -0.25) is 4.79 Å². The van der Waals surface area contributed by atoms with E-state index in [4.69, 9.17) is 15.2 Å². The van der Waals surface area contributed by atoms with Crippen molar-refractivity contribution in [1.82, 2.24) is 19.9 Å². The summed E-state index contributed by atoms with van der Waals surface area (Å²) in [7, 11) is 0. The van der Waals surface area contributed by atoms with Crippen LogP contribution in [-0.2, 0) is 26.3 Å². The maximum Gasteiger partial charge on any atom is 0.310 e. The molecule has 0 radical (unpaired) electrons. The number of rotatable bonds is 6. The maximum atomic E-state index is 12.3. The summed E-state index contributed by atoms with van der Waals surface area (Å²) in [6, 6.07) is 13.6. The minimum atomic E-state index is -0.777. The number of aromatic nitrogens is 3. The lowest BCUT2D eigenvalue weighted by Gasteiger charge is -2.31. The van der Waals surface area contributed by atoms with Gasteiger partial charge in [-0.1, -0.05) is 30.3 Å². The molecule has 5 atom stereocenters. The molecule has 1 unspecified atom stereocenters. The summed E-state index contributed by atoms with van der Waals surface area (Å²) in [4.78, 5) is 16.3. The van der Waals surface area contributed by atoms with Crippen molar-refractivity contribution in [1.29, 1.82) is 0 Å². The SMILES string of the molecule is Nc1ncnn2c([C@@]3([C@@]45CC4N5)C[C@H](O)[C@@H](COC(=O)Cc4ccccc4)O3)ccc12. The number of nitrogens with zero attached hydrogens (tertiary/aromatic N) is 3. The summed E-state index contributed by atoms with van der Waals surface area (Å²) < 4.78 is 13.7. The number of benzene rings is 1. The van der Waals surface area contributed by atoms with Gasteiger partial charge in [-0.05, 0) is 24.1 Å². The molecule has 160 valence electrons. The van der Waals surface area contributed by atoms with Gasteiger partial charge in [0, 0.05) is 12.5 Å². The molecule has 4 N–H and O–H groups in total. The smallest absolute Gasteiger partial charge is 0.310 e. The number of hydrogen-bond acceptors (Lipinski definition) is 8. The number of nitrogen functional groups attached to an aromatic ring is 1. The van der Waals surface area contributed by atoms with Gasteiger partial charge in [-0.15, -0.1) is 0 Å². The number of hydrogen-bond donors (Lipinski definition) is 3. The Morgan fingerprint density at radius 2 is 2.06 bits per heavy atom. The van der Waals surface area contributed by atoms with Gasteiger partial charge in [0.25, 0.3) is 0 Å². The second kappa shape index (κ2) is 6.49. The number of fused-ring (bicyclic) bond motifs is 2. The summed E-state index contributed by atoms with van der Waals surface area (Å²) in [5.74, 6) is 0.0371. The van der Waals surface area contributed by atoms with Crippen LogP contribution in [-0.4, -0.2) is 56.1 Å². The Morgan fingerprint density at radius 1 is 1.29 bits per heavy atom. The van der Waals surface area contributed by atoms with Gasteiger partial charge >= 0.3 is 5.97 Å². The van der Waals surface area contributed by atoms with Crippen LogP contribution in [0.4, 0.5) is 5.82 Å². The fraction of sp³-hybridized carbons (Fsp3) is 0.409. The van der Waals surface area contributed by atoms with E-state index in [9.17, 15) is 9.90 Å². The van der Waals surface area contributed by atoms with Crippen molar-refractivity contribution in [2.45, 2.75) is 48.7 Å². The zero-order valence-corrected chi connectivity index (χ0v) is 16.8. The van der Waals surface area contributed by atoms with E-state index in [-0.39, 0.29) is 24.5 Å². The monoisotopic (exact) mass is 421 g/mol. The second-order valence-corrected chi connectivity index (χ2v) is 8.63. The van der Waals surface area contributed by atoms with Crippen LogP contribution in [0, 0.1) is 0 Å². The topological polar surface area (TPSA) is 134 Å². The molecule has 9 heteroatoms. The molecular weight excluding hydrogens is 398 g/mol. The molecule has 0 spiro atoms. The fourth-order valence-electron chi connectivity index (χ4n) is 4.96. The highest BCUT2D eigenvalue weighted by molar-refractivity contribution is 5.72. The molecule has 3 aliphatic rings. The van der Waals surface area contributed by atoms with Crippen molar-refractivity contribution in [2.24, 2.45) is 0 Å². The molecule has 4 heterocycles. The molecule has 1 aliphatic carbocycles. The van der Waals surface area contributed by atoms with Crippen molar-refractivity contribution < 1.29 is 19.4 Å². The van der Waals surface area contributed by atoms with Crippen LogP contribution in [0.1, 0.15) is 24.1 Å². The first-order valence-electron chi connectivity index (χ1n) is 10.4. The standard InChI is InChI=1S/C22H23N5O4/c23-20-14-6-7-18(27(14)25-12-24-20)22(21-10-17(21)26-21)9-15(28)16(31-22)11-30-19(29)8-13-4-2-1-3-5-13/h1-7,12,15-17,26,28H,8-11H2,(H2,23,24,25)/t15-,16+,17?,21+,22+/m0/s1. The lowest BCUT2D eigenvalue weighted by atomic mass is 9.87. The Hall–Kier alpha value is -3.01. The molecule has 1 saturated carbocycles. The number of ether oxygens (including phenoxy) is 2. The van der Waals surface area contributed by atoms with Gasteiger partial charge in [0.2, 0.25) is 0 Å². The van der Waals surface area contributed by atoms with E-state index < -0.39 is 17.8 Å². The molecule has 9 nitrogen and oxygen atoms in total. The molecule has 0 bridgehead atoms. The Morgan fingerprint density at radius 3 is 2.81 bits per heavy atom. The predicted octanol–water partition coefficient (Wildman–Crippen LogP) is 0.557. The van der Waals surface area contributed by atoms with Gasteiger partial charge in [-0.25, -0.2) is 9.50 Å². The van der Waals surface area contributed by atoms with Crippen molar-refractivity contribution in [2.75, 3.05) is 12.3 Å². The average Bonchev–Trinajstić information content (AvgIpc) is 3.54. The summed E-state index contributed by atoms with van der Waals surface area (Å²) >= 11 is 0. The van der Waals surface area contributed by atoms with E-state index in [1.54, 1.807) is 4.52 Å². The minimum Gasteiger partial charge on any atom is -0.463 e. The lowest BCUT2D eigenvalue weighted by Crippen LogP contribution is -2.42. The number of aliphatic hydroxyl groups excluding tert-OH is 1. The van der Waals surface area contributed by atoms with E-state index in [1.165, 1.54) is 6.33 Å². The largest absolute Gasteiger partial charge is 0.463 e. The normalized spacial score (nSPS) is 33.3. The Kier molecular flexibility index (Phi) is 3.92. The Labute approximate surface area is 178 Å². The third-order valence-electron chi connectivity index (χ3n) is 6.80. The second-order valence-electron chi connectivity index (χ2n) is 8.63. The summed E-state index contributed by atoms with van der Waals surface area (Å²) in [6.07, 6.45) is 1.55. The molecule has 2 aliphatic heterocycles. The van der Waals surface area contributed by atoms with Gasteiger partial charge in [0.15, 0.2) is 5.82 Å². The fourth-order valence-corrected chi connectivity index (χ4v) is 4.96. The van der Waals surface area contributed by atoms with Crippen LogP contribution in [0.3, 0.4) is 0 Å². The van der Waals surface area contributed by atoms with E-state index in [2.05, 4.69) is 15.4 Å². The zero-order chi connectivity index (χ0) is 21.2. The maximum absolute atomic E-state index is 12.3. The number of nitrogens with two attached hydrogens (primary N) is 1. The highest BCUT2D eigenvalue weighted by atomic mass is 16.6. The zero-order valence-electron chi connectivity index (χ0n) is 16.8. The van der Waals surface area contributed by atoms with Crippen LogP contribution < -0.4 is 11.1 Å². The third-order valence-corrected chi connectivity index (χ3v) is 6.80. The van der Waals surface area contributed by atoms with Gasteiger partial charge in [0.05, 0.1) is 23.8 Å². The van der Waals surface area contributed by atoms with E-state index in [0.717, 1.165) is 17.7 Å². The highest BCUT2D eigenvalue weighted by Crippen LogP contribution is 2.66. The molecule has 0 amide bonds. The quantitative estimate of drug-likeness (QED) is 0.388. The van der Waals surface area contributed by atoms with Gasteiger partial charge in [-0.2, -0.15) is 5.10 Å². The highest BCUT2D eigenvalue weighted by Gasteiger charge is 2.83. The molecular formula is C22H23N5O4. The van der Waals surface area contributed by atoms with Crippen LogP contribution in [0.5, 0.6) is 0 Å². The average molecular weight is 421 g/mol. The number of aliphatic hydroxyl groups is 1. The summed E-state index contributed by atoms with van der Waals surface area (Å²) in [5, 5.41) is 18.7. The van der Waals surface area contributed by atoms with E-state index >= 15 is 0 Å². The van der Waals surface area contributed by atoms with Crippen LogP contribution in [0.2, 0.25) is 0 Å². The molecule has 6 rings (SSSR count). The minimum absolute atomic E-state index is 0.00421.